The molecule has 122 valence electrons. The summed E-state index contributed by atoms with van der Waals surface area (Å²) < 4.78 is 2.35. The van der Waals surface area contributed by atoms with Gasteiger partial charge in [0.15, 0.2) is 0 Å². The number of benzene rings is 2. The number of hydrogen-bond donors (Lipinski definition) is 0. The van der Waals surface area contributed by atoms with E-state index in [1.807, 2.05) is 35.2 Å². The number of fused-ring (bicyclic) bond motifs is 1. The number of nitrogens with zero attached hydrogens (tertiary/aromatic N) is 2. The summed E-state index contributed by atoms with van der Waals surface area (Å²) in [6, 6.07) is 16.1. The number of rotatable bonds is 2. The second-order valence-corrected chi connectivity index (χ2v) is 8.40. The molecule has 0 radical (unpaired) electrons. The molecular weight excluding hydrogens is 431 g/mol. The van der Waals surface area contributed by atoms with E-state index < -0.39 is 0 Å². The smallest absolute Gasteiger partial charge is 0.253 e. The summed E-state index contributed by atoms with van der Waals surface area (Å²) in [4.78, 5) is 19.4. The molecule has 5 heteroatoms. The van der Waals surface area contributed by atoms with Crippen LogP contribution in [0.4, 0.5) is 0 Å². The number of carbonyl (C=O) groups is 1. The van der Waals surface area contributed by atoms with Crippen LogP contribution >= 0.6 is 33.9 Å². The van der Waals surface area contributed by atoms with Crippen LogP contribution in [0.1, 0.15) is 34.1 Å². The van der Waals surface area contributed by atoms with E-state index in [9.17, 15) is 4.79 Å². The predicted molar refractivity (Wildman–Crippen MR) is 107 cm³/mol. The summed E-state index contributed by atoms with van der Waals surface area (Å²) in [5, 5.41) is 1.22. The highest BCUT2D eigenvalue weighted by atomic mass is 127. The van der Waals surface area contributed by atoms with Gasteiger partial charge in [-0.05, 0) is 65.8 Å². The van der Waals surface area contributed by atoms with Crippen LogP contribution in [0.15, 0.2) is 48.5 Å². The van der Waals surface area contributed by atoms with Crippen LogP contribution in [-0.2, 0) is 0 Å². The number of para-hydroxylation sites is 1. The van der Waals surface area contributed by atoms with Crippen molar-refractivity contribution in [3.63, 3.8) is 0 Å². The highest BCUT2D eigenvalue weighted by Gasteiger charge is 2.26. The van der Waals surface area contributed by atoms with Crippen molar-refractivity contribution >= 4 is 50.1 Å². The molecule has 2 aromatic carbocycles. The van der Waals surface area contributed by atoms with E-state index >= 15 is 0 Å². The van der Waals surface area contributed by atoms with Crippen molar-refractivity contribution in [3.8, 4) is 0 Å². The molecule has 0 aliphatic carbocycles. The van der Waals surface area contributed by atoms with Crippen molar-refractivity contribution in [1.29, 1.82) is 0 Å². The Hall–Kier alpha value is -1.47. The minimum Gasteiger partial charge on any atom is -0.339 e. The topological polar surface area (TPSA) is 33.2 Å². The Morgan fingerprint density at radius 3 is 2.67 bits per heavy atom. The highest BCUT2D eigenvalue weighted by Crippen LogP contribution is 2.34. The molecule has 1 saturated heterocycles. The molecule has 3 nitrogen and oxygen atoms in total. The van der Waals surface area contributed by atoms with Gasteiger partial charge in [0.05, 0.1) is 15.2 Å². The molecule has 1 amide bonds. The lowest BCUT2D eigenvalue weighted by molar-refractivity contribution is 0.0713. The van der Waals surface area contributed by atoms with Gasteiger partial charge in [-0.3, -0.25) is 4.79 Å². The Morgan fingerprint density at radius 2 is 1.92 bits per heavy atom. The van der Waals surface area contributed by atoms with E-state index in [-0.39, 0.29) is 5.91 Å². The third-order valence-corrected chi connectivity index (χ3v) is 6.38. The van der Waals surface area contributed by atoms with E-state index in [4.69, 9.17) is 4.98 Å². The number of piperidine rings is 1. The van der Waals surface area contributed by atoms with Crippen molar-refractivity contribution in [2.75, 3.05) is 13.1 Å². The van der Waals surface area contributed by atoms with E-state index in [0.29, 0.717) is 5.92 Å². The first-order valence-electron chi connectivity index (χ1n) is 8.11. The molecule has 4 rings (SSSR count). The number of carbonyl (C=O) groups excluding carboxylic acids is 1. The molecule has 1 fully saturated rings. The normalized spacial score (nSPS) is 15.8. The van der Waals surface area contributed by atoms with E-state index in [2.05, 4.69) is 40.8 Å². The lowest BCUT2D eigenvalue weighted by atomic mass is 9.97. The fourth-order valence-corrected chi connectivity index (χ4v) is 4.88. The second-order valence-electron chi connectivity index (χ2n) is 6.10. The fraction of sp³-hybridized carbons (Fsp3) is 0.263. The van der Waals surface area contributed by atoms with Crippen LogP contribution in [0.3, 0.4) is 0 Å². The van der Waals surface area contributed by atoms with E-state index in [0.717, 1.165) is 40.6 Å². The number of likely N-dealkylation sites (tertiary alicyclic amines) is 1. The van der Waals surface area contributed by atoms with Crippen molar-refractivity contribution < 1.29 is 4.79 Å². The second kappa shape index (κ2) is 6.80. The molecule has 1 aliphatic heterocycles. The molecule has 24 heavy (non-hydrogen) atoms. The van der Waals surface area contributed by atoms with Gasteiger partial charge in [0, 0.05) is 28.1 Å². The molecule has 0 spiro atoms. The summed E-state index contributed by atoms with van der Waals surface area (Å²) in [7, 11) is 0. The third-order valence-electron chi connectivity index (χ3n) is 4.51. The summed E-state index contributed by atoms with van der Waals surface area (Å²) in [6.45, 7) is 1.62. The van der Waals surface area contributed by atoms with Crippen LogP contribution in [0.25, 0.3) is 10.2 Å². The number of thiazole rings is 1. The van der Waals surface area contributed by atoms with Crippen molar-refractivity contribution in [1.82, 2.24) is 9.88 Å². The van der Waals surface area contributed by atoms with Crippen LogP contribution in [0.2, 0.25) is 0 Å². The predicted octanol–water partition coefficient (Wildman–Crippen LogP) is 4.92. The van der Waals surface area contributed by atoms with Gasteiger partial charge >= 0.3 is 0 Å². The largest absolute Gasteiger partial charge is 0.339 e. The number of hydrogen-bond acceptors (Lipinski definition) is 3. The first-order chi connectivity index (χ1) is 11.7. The zero-order chi connectivity index (χ0) is 16.5. The molecule has 0 N–H and O–H groups in total. The molecule has 3 aromatic rings. The van der Waals surface area contributed by atoms with Gasteiger partial charge in [-0.15, -0.1) is 11.3 Å². The minimum atomic E-state index is 0.149. The zero-order valence-corrected chi connectivity index (χ0v) is 16.1. The Bertz CT molecular complexity index is 851. The quantitative estimate of drug-likeness (QED) is 0.522. The number of amides is 1. The maximum absolute atomic E-state index is 12.6. The minimum absolute atomic E-state index is 0.149. The Labute approximate surface area is 158 Å². The molecule has 1 aliphatic rings. The molecule has 2 heterocycles. The third kappa shape index (κ3) is 3.19. The first-order valence-corrected chi connectivity index (χ1v) is 10.0. The van der Waals surface area contributed by atoms with Gasteiger partial charge in [0.25, 0.3) is 5.91 Å². The Balaban J connectivity index is 1.45. The van der Waals surface area contributed by atoms with Crippen molar-refractivity contribution in [2.24, 2.45) is 0 Å². The molecule has 0 atom stereocenters. The van der Waals surface area contributed by atoms with E-state index in [1.54, 1.807) is 11.3 Å². The van der Waals surface area contributed by atoms with Crippen LogP contribution < -0.4 is 0 Å². The average molecular weight is 448 g/mol. The number of halogens is 1. The van der Waals surface area contributed by atoms with E-state index in [1.165, 1.54) is 9.71 Å². The molecule has 0 bridgehead atoms. The van der Waals surface area contributed by atoms with Gasteiger partial charge in [0.2, 0.25) is 0 Å². The number of aromatic nitrogens is 1. The van der Waals surface area contributed by atoms with Gasteiger partial charge in [-0.2, -0.15) is 0 Å². The van der Waals surface area contributed by atoms with Gasteiger partial charge < -0.3 is 4.90 Å². The SMILES string of the molecule is O=C(c1cccc(I)c1)N1CCC(c2nc3ccccc3s2)CC1. The highest BCUT2D eigenvalue weighted by molar-refractivity contribution is 14.1. The van der Waals surface area contributed by atoms with Crippen molar-refractivity contribution in [3.05, 3.63) is 62.7 Å². The van der Waals surface area contributed by atoms with Crippen LogP contribution in [-0.4, -0.2) is 28.9 Å². The Morgan fingerprint density at radius 1 is 1.12 bits per heavy atom. The summed E-state index contributed by atoms with van der Waals surface area (Å²) in [5.74, 6) is 0.624. The fourth-order valence-electron chi connectivity index (χ4n) is 3.20. The summed E-state index contributed by atoms with van der Waals surface area (Å²) in [5.41, 5.74) is 1.88. The van der Waals surface area contributed by atoms with Gasteiger partial charge in [-0.25, -0.2) is 4.98 Å². The summed E-state index contributed by atoms with van der Waals surface area (Å²) >= 11 is 4.05. The van der Waals surface area contributed by atoms with Crippen molar-refractivity contribution in [2.45, 2.75) is 18.8 Å². The standard InChI is InChI=1S/C19H17IN2OS/c20-15-5-3-4-14(12-15)19(23)22-10-8-13(9-11-22)18-21-16-6-1-2-7-17(16)24-18/h1-7,12-13H,8-11H2. The molecular formula is C19H17IN2OS. The molecule has 0 saturated carbocycles. The van der Waals surface area contributed by atoms with Gasteiger partial charge in [0.1, 0.15) is 0 Å². The molecule has 1 aromatic heterocycles. The Kier molecular flexibility index (Phi) is 4.54. The first kappa shape index (κ1) is 16.0. The average Bonchev–Trinajstić information content (AvgIpc) is 3.05. The molecule has 0 unspecified atom stereocenters. The lowest BCUT2D eigenvalue weighted by Gasteiger charge is -2.31. The zero-order valence-electron chi connectivity index (χ0n) is 13.1. The van der Waals surface area contributed by atoms with Crippen LogP contribution in [0, 0.1) is 3.57 Å². The lowest BCUT2D eigenvalue weighted by Crippen LogP contribution is -2.37. The van der Waals surface area contributed by atoms with Gasteiger partial charge in [-0.1, -0.05) is 18.2 Å². The maximum atomic E-state index is 12.6. The maximum Gasteiger partial charge on any atom is 0.253 e. The monoisotopic (exact) mass is 448 g/mol. The van der Waals surface area contributed by atoms with Crippen LogP contribution in [0.5, 0.6) is 0 Å². The summed E-state index contributed by atoms with van der Waals surface area (Å²) in [6.07, 6.45) is 1.99.